The average Bonchev–Trinajstić information content (AvgIpc) is 3.13. The van der Waals surface area contributed by atoms with Crippen LogP contribution in [-0.4, -0.2) is 9.55 Å². The Morgan fingerprint density at radius 3 is 2.48 bits per heavy atom. The van der Waals surface area contributed by atoms with Gasteiger partial charge in [-0.05, 0) is 47.5 Å². The number of halogens is 1. The van der Waals surface area contributed by atoms with Crippen molar-refractivity contribution in [1.29, 1.82) is 0 Å². The van der Waals surface area contributed by atoms with Crippen LogP contribution in [0.1, 0.15) is 11.1 Å². The van der Waals surface area contributed by atoms with Crippen LogP contribution in [0.3, 0.4) is 0 Å². The molecule has 1 N–H and O–H groups in total. The van der Waals surface area contributed by atoms with Gasteiger partial charge in [0.15, 0.2) is 0 Å². The molecule has 0 saturated heterocycles. The number of hydrogen-bond donors (Lipinski definition) is 1. The smallest absolute Gasteiger partial charge is 0.203 e. The molecular weight excluding hydrogens is 365 g/mol. The SMILES string of the molecule is Cn1c(-c2ccc(F)cc2)cnc1NCc1cccc(OCc2ccccc2)c1. The van der Waals surface area contributed by atoms with E-state index < -0.39 is 0 Å². The summed E-state index contributed by atoms with van der Waals surface area (Å²) in [6, 6.07) is 24.5. The van der Waals surface area contributed by atoms with Gasteiger partial charge in [0.05, 0.1) is 11.9 Å². The lowest BCUT2D eigenvalue weighted by Gasteiger charge is -2.10. The summed E-state index contributed by atoms with van der Waals surface area (Å²) in [4.78, 5) is 4.45. The lowest BCUT2D eigenvalue weighted by molar-refractivity contribution is 0.306. The monoisotopic (exact) mass is 387 g/mol. The first-order valence-electron chi connectivity index (χ1n) is 9.46. The van der Waals surface area contributed by atoms with Crippen molar-refractivity contribution in [3.63, 3.8) is 0 Å². The predicted octanol–water partition coefficient (Wildman–Crippen LogP) is 5.42. The molecule has 146 valence electrons. The fourth-order valence-corrected chi connectivity index (χ4v) is 3.13. The molecule has 1 aromatic heterocycles. The van der Waals surface area contributed by atoms with E-state index in [1.54, 1.807) is 18.3 Å². The van der Waals surface area contributed by atoms with Crippen LogP contribution >= 0.6 is 0 Å². The molecule has 0 atom stereocenters. The van der Waals surface area contributed by atoms with Crippen molar-refractivity contribution in [1.82, 2.24) is 9.55 Å². The highest BCUT2D eigenvalue weighted by Gasteiger charge is 2.09. The second-order valence-corrected chi connectivity index (χ2v) is 6.81. The second-order valence-electron chi connectivity index (χ2n) is 6.81. The molecule has 4 rings (SSSR count). The van der Waals surface area contributed by atoms with Gasteiger partial charge in [-0.15, -0.1) is 0 Å². The Bertz CT molecular complexity index is 1070. The van der Waals surface area contributed by atoms with Crippen LogP contribution in [0.5, 0.6) is 5.75 Å². The van der Waals surface area contributed by atoms with E-state index in [0.29, 0.717) is 13.2 Å². The van der Waals surface area contributed by atoms with Gasteiger partial charge in [-0.25, -0.2) is 9.37 Å². The van der Waals surface area contributed by atoms with Gasteiger partial charge < -0.3 is 14.6 Å². The fraction of sp³-hybridized carbons (Fsp3) is 0.125. The molecule has 3 aromatic carbocycles. The minimum atomic E-state index is -0.247. The summed E-state index contributed by atoms with van der Waals surface area (Å²) in [5.41, 5.74) is 4.08. The van der Waals surface area contributed by atoms with Crippen molar-refractivity contribution in [3.05, 3.63) is 102 Å². The molecule has 0 fully saturated rings. The first kappa shape index (κ1) is 18.7. The topological polar surface area (TPSA) is 39.1 Å². The Hall–Kier alpha value is -3.60. The summed E-state index contributed by atoms with van der Waals surface area (Å²) in [6.07, 6.45) is 1.79. The number of imidazole rings is 1. The molecule has 0 saturated carbocycles. The van der Waals surface area contributed by atoms with E-state index in [-0.39, 0.29) is 5.82 Å². The quantitative estimate of drug-likeness (QED) is 0.460. The van der Waals surface area contributed by atoms with Gasteiger partial charge in [-0.2, -0.15) is 0 Å². The molecule has 0 unspecified atom stereocenters. The molecule has 4 nitrogen and oxygen atoms in total. The predicted molar refractivity (Wildman–Crippen MR) is 113 cm³/mol. The number of aromatic nitrogens is 2. The zero-order valence-electron chi connectivity index (χ0n) is 16.2. The summed E-state index contributed by atoms with van der Waals surface area (Å²) < 4.78 is 21.0. The Balaban J connectivity index is 1.40. The van der Waals surface area contributed by atoms with Crippen molar-refractivity contribution in [3.8, 4) is 17.0 Å². The second kappa shape index (κ2) is 8.61. The molecule has 4 aromatic rings. The van der Waals surface area contributed by atoms with Gasteiger partial charge in [0, 0.05) is 19.2 Å². The van der Waals surface area contributed by atoms with E-state index in [4.69, 9.17) is 4.74 Å². The van der Waals surface area contributed by atoms with E-state index >= 15 is 0 Å². The number of rotatable bonds is 7. The van der Waals surface area contributed by atoms with E-state index in [1.165, 1.54) is 12.1 Å². The molecule has 0 radical (unpaired) electrons. The minimum Gasteiger partial charge on any atom is -0.489 e. The van der Waals surface area contributed by atoms with Crippen LogP contribution < -0.4 is 10.1 Å². The number of anilines is 1. The molecule has 0 bridgehead atoms. The maximum absolute atomic E-state index is 13.2. The zero-order valence-corrected chi connectivity index (χ0v) is 16.2. The average molecular weight is 387 g/mol. The Labute approximate surface area is 169 Å². The first-order chi connectivity index (χ1) is 14.2. The van der Waals surface area contributed by atoms with E-state index in [1.807, 2.05) is 66.2 Å². The highest BCUT2D eigenvalue weighted by Crippen LogP contribution is 2.23. The summed E-state index contributed by atoms with van der Waals surface area (Å²) in [5, 5.41) is 3.35. The third kappa shape index (κ3) is 4.63. The molecule has 0 spiro atoms. The minimum absolute atomic E-state index is 0.247. The van der Waals surface area contributed by atoms with Crippen molar-refractivity contribution >= 4 is 5.95 Å². The van der Waals surface area contributed by atoms with Crippen molar-refractivity contribution in [2.75, 3.05) is 5.32 Å². The standard InChI is InChI=1S/C24H22FN3O/c1-28-23(20-10-12-21(25)13-11-20)16-27-24(28)26-15-19-8-5-9-22(14-19)29-17-18-6-3-2-4-7-18/h2-14,16H,15,17H2,1H3,(H,26,27). The van der Waals surface area contributed by atoms with Crippen molar-refractivity contribution in [2.24, 2.45) is 7.05 Å². The van der Waals surface area contributed by atoms with Crippen LogP contribution in [-0.2, 0) is 20.2 Å². The van der Waals surface area contributed by atoms with Crippen molar-refractivity contribution in [2.45, 2.75) is 13.2 Å². The Morgan fingerprint density at radius 1 is 0.931 bits per heavy atom. The molecule has 29 heavy (non-hydrogen) atoms. The third-order valence-electron chi connectivity index (χ3n) is 4.73. The lowest BCUT2D eigenvalue weighted by Crippen LogP contribution is -2.06. The van der Waals surface area contributed by atoms with Gasteiger partial charge in [0.25, 0.3) is 0 Å². The van der Waals surface area contributed by atoms with Gasteiger partial charge in [-0.3, -0.25) is 0 Å². The number of benzene rings is 3. The highest BCUT2D eigenvalue weighted by molar-refractivity contribution is 5.61. The highest BCUT2D eigenvalue weighted by atomic mass is 19.1. The first-order valence-corrected chi connectivity index (χ1v) is 9.46. The number of nitrogens with one attached hydrogen (secondary N) is 1. The molecule has 0 aliphatic rings. The molecule has 1 heterocycles. The lowest BCUT2D eigenvalue weighted by atomic mass is 10.2. The van der Waals surface area contributed by atoms with E-state index in [9.17, 15) is 4.39 Å². The summed E-state index contributed by atoms with van der Waals surface area (Å²) >= 11 is 0. The largest absolute Gasteiger partial charge is 0.489 e. The van der Waals surface area contributed by atoms with Crippen molar-refractivity contribution < 1.29 is 9.13 Å². The van der Waals surface area contributed by atoms with E-state index in [0.717, 1.165) is 34.1 Å². The van der Waals surface area contributed by atoms with Crippen LogP contribution in [0.25, 0.3) is 11.3 Å². The van der Waals surface area contributed by atoms with E-state index in [2.05, 4.69) is 10.3 Å². The number of nitrogens with zero attached hydrogens (tertiary/aromatic N) is 2. The Kier molecular flexibility index (Phi) is 5.56. The summed E-state index contributed by atoms with van der Waals surface area (Å²) in [7, 11) is 1.94. The number of ether oxygens (including phenoxy) is 1. The summed E-state index contributed by atoms with van der Waals surface area (Å²) in [6.45, 7) is 1.16. The summed E-state index contributed by atoms with van der Waals surface area (Å²) in [5.74, 6) is 1.34. The molecule has 0 aliphatic carbocycles. The maximum atomic E-state index is 13.2. The third-order valence-corrected chi connectivity index (χ3v) is 4.73. The molecular formula is C24H22FN3O. The fourth-order valence-electron chi connectivity index (χ4n) is 3.13. The maximum Gasteiger partial charge on any atom is 0.203 e. The Morgan fingerprint density at radius 2 is 1.69 bits per heavy atom. The molecule has 0 aliphatic heterocycles. The van der Waals surface area contributed by atoms with Gasteiger partial charge in [-0.1, -0.05) is 42.5 Å². The van der Waals surface area contributed by atoms with Crippen LogP contribution in [0, 0.1) is 5.82 Å². The van der Waals surface area contributed by atoms with Crippen LogP contribution in [0.2, 0.25) is 0 Å². The number of hydrogen-bond acceptors (Lipinski definition) is 3. The van der Waals surface area contributed by atoms with Crippen LogP contribution in [0.4, 0.5) is 10.3 Å². The van der Waals surface area contributed by atoms with Crippen LogP contribution in [0.15, 0.2) is 85.1 Å². The normalized spacial score (nSPS) is 10.7. The van der Waals surface area contributed by atoms with Gasteiger partial charge in [0.1, 0.15) is 18.2 Å². The van der Waals surface area contributed by atoms with Gasteiger partial charge in [0.2, 0.25) is 5.95 Å². The molecule has 0 amide bonds. The molecule has 5 heteroatoms. The zero-order chi connectivity index (χ0) is 20.1. The van der Waals surface area contributed by atoms with Gasteiger partial charge >= 0.3 is 0 Å².